The summed E-state index contributed by atoms with van der Waals surface area (Å²) in [5, 5.41) is 0. The van der Waals surface area contributed by atoms with E-state index in [-0.39, 0.29) is 11.7 Å². The van der Waals surface area contributed by atoms with Crippen LogP contribution < -0.4 is 4.90 Å². The van der Waals surface area contributed by atoms with Crippen LogP contribution in [0.2, 0.25) is 0 Å². The number of halogens is 1. The number of carbonyl (C=O) groups is 1. The second kappa shape index (κ2) is 5.60. The third-order valence-electron chi connectivity index (χ3n) is 4.23. The van der Waals surface area contributed by atoms with Crippen molar-refractivity contribution in [1.82, 2.24) is 4.90 Å². The third-order valence-corrected chi connectivity index (χ3v) is 4.23. The summed E-state index contributed by atoms with van der Waals surface area (Å²) in [6, 6.07) is 14.2. The van der Waals surface area contributed by atoms with Gasteiger partial charge in [0.2, 0.25) is 5.96 Å². The first-order valence-electron chi connectivity index (χ1n) is 7.84. The van der Waals surface area contributed by atoms with Crippen molar-refractivity contribution in [2.45, 2.75) is 6.92 Å². The van der Waals surface area contributed by atoms with Gasteiger partial charge in [0.25, 0.3) is 5.91 Å². The molecule has 2 aliphatic rings. The molecule has 0 spiro atoms. The lowest BCUT2D eigenvalue weighted by molar-refractivity contribution is -0.122. The zero-order chi connectivity index (χ0) is 16.7. The van der Waals surface area contributed by atoms with Crippen LogP contribution >= 0.6 is 0 Å². The second-order valence-corrected chi connectivity index (χ2v) is 5.94. The van der Waals surface area contributed by atoms with Crippen molar-refractivity contribution in [3.8, 4) is 0 Å². The van der Waals surface area contributed by atoms with Gasteiger partial charge in [-0.15, -0.1) is 0 Å². The summed E-state index contributed by atoms with van der Waals surface area (Å²) in [5.74, 6) is 0.258. The molecule has 0 aliphatic carbocycles. The first-order valence-corrected chi connectivity index (χ1v) is 7.84. The molecule has 0 aromatic heterocycles. The van der Waals surface area contributed by atoms with E-state index in [9.17, 15) is 9.18 Å². The Balaban J connectivity index is 1.67. The van der Waals surface area contributed by atoms with Gasteiger partial charge in [0.1, 0.15) is 11.5 Å². The van der Waals surface area contributed by atoms with Crippen molar-refractivity contribution in [1.29, 1.82) is 0 Å². The monoisotopic (exact) mass is 321 g/mol. The van der Waals surface area contributed by atoms with E-state index in [2.05, 4.69) is 4.99 Å². The molecule has 1 fully saturated rings. The molecule has 2 aromatic carbocycles. The average molecular weight is 321 g/mol. The van der Waals surface area contributed by atoms with E-state index in [0.29, 0.717) is 18.2 Å². The molecule has 4 rings (SSSR count). The number of carbonyl (C=O) groups excluding carboxylic acids is 1. The molecule has 0 N–H and O–H groups in total. The van der Waals surface area contributed by atoms with E-state index in [1.165, 1.54) is 17.7 Å². The number of anilines is 1. The van der Waals surface area contributed by atoms with E-state index in [1.807, 2.05) is 36.1 Å². The summed E-state index contributed by atoms with van der Waals surface area (Å²) < 4.78 is 13.0. The van der Waals surface area contributed by atoms with Crippen molar-refractivity contribution in [3.63, 3.8) is 0 Å². The number of aliphatic imine (C=N–C) groups is 1. The van der Waals surface area contributed by atoms with Crippen LogP contribution in [0.4, 0.5) is 10.1 Å². The first-order chi connectivity index (χ1) is 11.6. The number of aryl methyl sites for hydroxylation is 1. The van der Waals surface area contributed by atoms with E-state index in [4.69, 9.17) is 0 Å². The summed E-state index contributed by atoms with van der Waals surface area (Å²) >= 11 is 0. The molecule has 1 saturated heterocycles. The molecule has 0 atom stereocenters. The molecule has 5 heteroatoms. The lowest BCUT2D eigenvalue weighted by Gasteiger charge is -2.17. The Labute approximate surface area is 139 Å². The SMILES string of the molecule is Cc1ccc(N2CCN3C(=O)/C(=C/c4ccc(F)cc4)N=C32)cc1. The highest BCUT2D eigenvalue weighted by Gasteiger charge is 2.38. The molecule has 2 aliphatic heterocycles. The van der Waals surface area contributed by atoms with Gasteiger partial charge in [-0.3, -0.25) is 9.69 Å². The van der Waals surface area contributed by atoms with Crippen LogP contribution in [0.3, 0.4) is 0 Å². The van der Waals surface area contributed by atoms with Crippen LogP contribution in [0.25, 0.3) is 6.08 Å². The number of benzene rings is 2. The molecule has 4 nitrogen and oxygen atoms in total. The summed E-state index contributed by atoms with van der Waals surface area (Å²) in [5.41, 5.74) is 3.36. The van der Waals surface area contributed by atoms with Gasteiger partial charge < -0.3 is 4.90 Å². The van der Waals surface area contributed by atoms with Gasteiger partial charge in [-0.05, 0) is 42.8 Å². The van der Waals surface area contributed by atoms with Crippen LogP contribution in [0, 0.1) is 12.7 Å². The van der Waals surface area contributed by atoms with Crippen LogP contribution in [-0.4, -0.2) is 29.9 Å². The van der Waals surface area contributed by atoms with Gasteiger partial charge in [-0.25, -0.2) is 9.38 Å². The fraction of sp³-hybridized carbons (Fsp3) is 0.158. The van der Waals surface area contributed by atoms with Gasteiger partial charge in [0.05, 0.1) is 0 Å². The average Bonchev–Trinajstić information content (AvgIpc) is 3.12. The molecule has 2 heterocycles. The molecule has 0 bridgehead atoms. The number of rotatable bonds is 2. The Morgan fingerprint density at radius 1 is 1.00 bits per heavy atom. The van der Waals surface area contributed by atoms with Gasteiger partial charge >= 0.3 is 0 Å². The third kappa shape index (κ3) is 2.48. The highest BCUT2D eigenvalue weighted by Crippen LogP contribution is 2.28. The number of nitrogens with zero attached hydrogens (tertiary/aromatic N) is 3. The standard InChI is InChI=1S/C19H16FN3O/c1-13-2-8-16(9-3-13)22-10-11-23-18(24)17(21-19(22)23)12-14-4-6-15(20)7-5-14/h2-9,12H,10-11H2,1H3/b17-12-. The summed E-state index contributed by atoms with van der Waals surface area (Å²) in [6.07, 6.45) is 1.69. The number of hydrogen-bond acceptors (Lipinski definition) is 3. The molecule has 0 unspecified atom stereocenters. The number of fused-ring (bicyclic) bond motifs is 1. The summed E-state index contributed by atoms with van der Waals surface area (Å²) in [4.78, 5) is 20.8. The zero-order valence-electron chi connectivity index (χ0n) is 13.2. The Morgan fingerprint density at radius 3 is 2.38 bits per heavy atom. The van der Waals surface area contributed by atoms with Crippen LogP contribution in [-0.2, 0) is 4.79 Å². The minimum absolute atomic E-state index is 0.107. The highest BCUT2D eigenvalue weighted by molar-refractivity contribution is 6.19. The fourth-order valence-electron chi connectivity index (χ4n) is 2.93. The van der Waals surface area contributed by atoms with Crippen LogP contribution in [0.1, 0.15) is 11.1 Å². The van der Waals surface area contributed by atoms with Crippen molar-refractivity contribution in [3.05, 3.63) is 71.2 Å². The van der Waals surface area contributed by atoms with Crippen molar-refractivity contribution in [2.24, 2.45) is 4.99 Å². The van der Waals surface area contributed by atoms with E-state index < -0.39 is 0 Å². The summed E-state index contributed by atoms with van der Waals surface area (Å²) in [7, 11) is 0. The fourth-order valence-corrected chi connectivity index (χ4v) is 2.93. The van der Waals surface area contributed by atoms with Gasteiger partial charge in [-0.1, -0.05) is 29.8 Å². The van der Waals surface area contributed by atoms with Crippen molar-refractivity contribution in [2.75, 3.05) is 18.0 Å². The molecular weight excluding hydrogens is 305 g/mol. The number of amides is 1. The molecule has 0 saturated carbocycles. The summed E-state index contributed by atoms with van der Waals surface area (Å²) in [6.45, 7) is 3.39. The zero-order valence-corrected chi connectivity index (χ0v) is 13.2. The van der Waals surface area contributed by atoms with Gasteiger partial charge in [0.15, 0.2) is 0 Å². The van der Waals surface area contributed by atoms with Crippen LogP contribution in [0.5, 0.6) is 0 Å². The predicted molar refractivity (Wildman–Crippen MR) is 92.1 cm³/mol. The van der Waals surface area contributed by atoms with E-state index >= 15 is 0 Å². The second-order valence-electron chi connectivity index (χ2n) is 5.94. The van der Waals surface area contributed by atoms with Gasteiger partial charge in [0, 0.05) is 18.8 Å². The van der Waals surface area contributed by atoms with Crippen molar-refractivity contribution < 1.29 is 9.18 Å². The maximum atomic E-state index is 13.0. The largest absolute Gasteiger partial charge is 0.310 e. The molecule has 2 aromatic rings. The first kappa shape index (κ1) is 14.6. The Morgan fingerprint density at radius 2 is 1.67 bits per heavy atom. The molecule has 0 radical (unpaired) electrons. The van der Waals surface area contributed by atoms with Gasteiger partial charge in [-0.2, -0.15) is 0 Å². The lowest BCUT2D eigenvalue weighted by atomic mass is 10.2. The van der Waals surface area contributed by atoms with Crippen molar-refractivity contribution >= 4 is 23.6 Å². The normalized spacial score (nSPS) is 18.3. The number of hydrogen-bond donors (Lipinski definition) is 0. The predicted octanol–water partition coefficient (Wildman–Crippen LogP) is 3.19. The molecule has 1 amide bonds. The van der Waals surface area contributed by atoms with E-state index in [1.54, 1.807) is 23.1 Å². The minimum Gasteiger partial charge on any atom is -0.310 e. The molecular formula is C19H16FN3O. The Bertz CT molecular complexity index is 853. The maximum Gasteiger partial charge on any atom is 0.279 e. The Kier molecular flexibility index (Phi) is 3.41. The lowest BCUT2D eigenvalue weighted by Crippen LogP contribution is -2.32. The smallest absolute Gasteiger partial charge is 0.279 e. The highest BCUT2D eigenvalue weighted by atomic mass is 19.1. The van der Waals surface area contributed by atoms with E-state index in [0.717, 1.165) is 17.8 Å². The topological polar surface area (TPSA) is 35.9 Å². The molecule has 120 valence electrons. The van der Waals surface area contributed by atoms with Crippen LogP contribution in [0.15, 0.2) is 59.2 Å². The minimum atomic E-state index is -0.299. The maximum absolute atomic E-state index is 13.0. The number of guanidine groups is 1. The molecule has 24 heavy (non-hydrogen) atoms. The Hall–Kier alpha value is -2.95. The quantitative estimate of drug-likeness (QED) is 0.797.